The average molecular weight is 493 g/mol. The van der Waals surface area contributed by atoms with Crippen LogP contribution in [0.2, 0.25) is 0 Å². The molecular formula is C24H36N4O5S. The summed E-state index contributed by atoms with van der Waals surface area (Å²) in [7, 11) is -3.69. The number of carbonyl (C=O) groups is 2. The van der Waals surface area contributed by atoms with E-state index in [1.165, 1.54) is 10.7 Å². The third kappa shape index (κ3) is 6.09. The van der Waals surface area contributed by atoms with E-state index in [-0.39, 0.29) is 23.3 Å². The molecule has 0 bridgehead atoms. The molecule has 3 saturated heterocycles. The molecule has 0 spiro atoms. The fourth-order valence-electron chi connectivity index (χ4n) is 4.87. The largest absolute Gasteiger partial charge is 0.379 e. The molecule has 1 aromatic carbocycles. The van der Waals surface area contributed by atoms with Crippen molar-refractivity contribution in [3.05, 3.63) is 18.2 Å². The molecular weight excluding hydrogens is 456 g/mol. The van der Waals surface area contributed by atoms with Crippen LogP contribution in [0.1, 0.15) is 51.4 Å². The van der Waals surface area contributed by atoms with Crippen molar-refractivity contribution in [1.29, 1.82) is 0 Å². The molecule has 0 unspecified atom stereocenters. The van der Waals surface area contributed by atoms with E-state index in [1.54, 1.807) is 23.1 Å². The molecule has 3 heterocycles. The van der Waals surface area contributed by atoms with E-state index in [2.05, 4.69) is 10.2 Å². The lowest BCUT2D eigenvalue weighted by Crippen LogP contribution is -2.41. The van der Waals surface area contributed by atoms with Crippen LogP contribution in [0.3, 0.4) is 0 Å². The first-order valence-corrected chi connectivity index (χ1v) is 13.9. The van der Waals surface area contributed by atoms with E-state index in [0.29, 0.717) is 45.0 Å². The third-order valence-electron chi connectivity index (χ3n) is 6.80. The zero-order valence-electron chi connectivity index (χ0n) is 19.8. The quantitative estimate of drug-likeness (QED) is 0.655. The van der Waals surface area contributed by atoms with E-state index >= 15 is 0 Å². The van der Waals surface area contributed by atoms with Crippen LogP contribution < -0.4 is 10.2 Å². The van der Waals surface area contributed by atoms with Gasteiger partial charge in [0.2, 0.25) is 21.8 Å². The van der Waals surface area contributed by atoms with Crippen LogP contribution in [0.15, 0.2) is 23.1 Å². The number of ether oxygens (including phenoxy) is 1. The monoisotopic (exact) mass is 492 g/mol. The van der Waals surface area contributed by atoms with Gasteiger partial charge in [-0.05, 0) is 50.3 Å². The number of amides is 2. The van der Waals surface area contributed by atoms with Crippen LogP contribution in [-0.2, 0) is 24.3 Å². The molecule has 3 aliphatic rings. The molecule has 188 valence electrons. The summed E-state index contributed by atoms with van der Waals surface area (Å²) >= 11 is 0. The molecule has 10 heteroatoms. The van der Waals surface area contributed by atoms with Gasteiger partial charge in [-0.1, -0.05) is 12.8 Å². The van der Waals surface area contributed by atoms with Crippen LogP contribution in [0.5, 0.6) is 0 Å². The highest BCUT2D eigenvalue weighted by molar-refractivity contribution is 7.89. The molecule has 1 aromatic rings. The second-order valence-corrected chi connectivity index (χ2v) is 11.2. The number of hydrogen-bond acceptors (Lipinski definition) is 6. The summed E-state index contributed by atoms with van der Waals surface area (Å²) in [5.74, 6) is -0.289. The summed E-state index contributed by atoms with van der Waals surface area (Å²) in [4.78, 5) is 29.5. The van der Waals surface area contributed by atoms with Crippen molar-refractivity contribution in [1.82, 2.24) is 9.21 Å². The Balaban J connectivity index is 1.56. The van der Waals surface area contributed by atoms with Crippen molar-refractivity contribution >= 4 is 33.2 Å². The lowest BCUT2D eigenvalue weighted by atomic mass is 10.1. The minimum Gasteiger partial charge on any atom is -0.379 e. The number of likely N-dealkylation sites (tertiary alicyclic amines) is 1. The molecule has 34 heavy (non-hydrogen) atoms. The summed E-state index contributed by atoms with van der Waals surface area (Å²) in [5, 5.41) is 2.94. The van der Waals surface area contributed by atoms with Gasteiger partial charge >= 0.3 is 0 Å². The Bertz CT molecular complexity index is 972. The number of morpholine rings is 1. The smallest absolute Gasteiger partial charge is 0.244 e. The second kappa shape index (κ2) is 11.5. The Labute approximate surface area is 202 Å². The van der Waals surface area contributed by atoms with Gasteiger partial charge in [-0.2, -0.15) is 4.31 Å². The van der Waals surface area contributed by atoms with Gasteiger partial charge < -0.3 is 19.9 Å². The van der Waals surface area contributed by atoms with Crippen molar-refractivity contribution in [2.45, 2.75) is 56.3 Å². The first kappa shape index (κ1) is 24.9. The Kier molecular flexibility index (Phi) is 8.44. The zero-order chi connectivity index (χ0) is 24.0. The third-order valence-corrected chi connectivity index (χ3v) is 8.70. The molecule has 0 aliphatic carbocycles. The molecule has 2 amide bonds. The van der Waals surface area contributed by atoms with Gasteiger partial charge in [0.25, 0.3) is 0 Å². The van der Waals surface area contributed by atoms with E-state index in [1.807, 2.05) is 0 Å². The van der Waals surface area contributed by atoms with Crippen molar-refractivity contribution in [2.75, 3.05) is 62.7 Å². The maximum Gasteiger partial charge on any atom is 0.244 e. The van der Waals surface area contributed by atoms with Gasteiger partial charge in [-0.15, -0.1) is 0 Å². The number of nitrogens with zero attached hydrogens (tertiary/aromatic N) is 3. The lowest BCUT2D eigenvalue weighted by molar-refractivity contribution is -0.135. The van der Waals surface area contributed by atoms with Crippen molar-refractivity contribution in [3.8, 4) is 0 Å². The Morgan fingerprint density at radius 1 is 0.912 bits per heavy atom. The lowest BCUT2D eigenvalue weighted by Gasteiger charge is -2.32. The summed E-state index contributed by atoms with van der Waals surface area (Å²) in [5.41, 5.74) is 1.31. The second-order valence-electron chi connectivity index (χ2n) is 9.27. The first-order chi connectivity index (χ1) is 16.4. The fraction of sp³-hybridized carbons (Fsp3) is 0.667. The standard InChI is InChI=1S/C24H36N4O5S/c29-23(19-27-13-5-2-1-4-8-24(27)30)25-21-18-20(34(31,32)28-14-16-33-17-15-28)9-10-22(21)26-11-6-3-7-12-26/h9-10,18H,1-8,11-17,19H2,(H,25,29). The van der Waals surface area contributed by atoms with E-state index in [0.717, 1.165) is 57.3 Å². The number of rotatable bonds is 6. The first-order valence-electron chi connectivity index (χ1n) is 12.5. The number of nitrogens with one attached hydrogen (secondary N) is 1. The summed E-state index contributed by atoms with van der Waals surface area (Å²) in [6, 6.07) is 5.00. The van der Waals surface area contributed by atoms with Crippen molar-refractivity contribution in [3.63, 3.8) is 0 Å². The van der Waals surface area contributed by atoms with E-state index in [9.17, 15) is 18.0 Å². The highest BCUT2D eigenvalue weighted by Crippen LogP contribution is 2.32. The molecule has 0 saturated carbocycles. The van der Waals surface area contributed by atoms with Crippen molar-refractivity contribution < 1.29 is 22.7 Å². The number of benzene rings is 1. The van der Waals surface area contributed by atoms with Crippen LogP contribution in [0.25, 0.3) is 0 Å². The number of hydrogen-bond donors (Lipinski definition) is 1. The van der Waals surface area contributed by atoms with Gasteiger partial charge in [-0.3, -0.25) is 9.59 Å². The molecule has 9 nitrogen and oxygen atoms in total. The predicted molar refractivity (Wildman–Crippen MR) is 130 cm³/mol. The number of carbonyl (C=O) groups excluding carboxylic acids is 2. The van der Waals surface area contributed by atoms with Crippen molar-refractivity contribution in [2.24, 2.45) is 0 Å². The van der Waals surface area contributed by atoms with Crippen LogP contribution >= 0.6 is 0 Å². The number of piperidine rings is 1. The van der Waals surface area contributed by atoms with Crippen LogP contribution in [-0.4, -0.2) is 81.9 Å². The molecule has 4 rings (SSSR count). The van der Waals surface area contributed by atoms with E-state index in [4.69, 9.17) is 4.74 Å². The highest BCUT2D eigenvalue weighted by atomic mass is 32.2. The van der Waals surface area contributed by atoms with Gasteiger partial charge in [0.15, 0.2) is 0 Å². The fourth-order valence-corrected chi connectivity index (χ4v) is 6.30. The summed E-state index contributed by atoms with van der Waals surface area (Å²) in [6.45, 7) is 3.67. The van der Waals surface area contributed by atoms with Crippen LogP contribution in [0, 0.1) is 0 Å². The topological polar surface area (TPSA) is 99.3 Å². The van der Waals surface area contributed by atoms with Gasteiger partial charge in [-0.25, -0.2) is 8.42 Å². The SMILES string of the molecule is O=C(CN1CCCCCCC1=O)Nc1cc(S(=O)(=O)N2CCOCC2)ccc1N1CCCCC1. The molecule has 0 radical (unpaired) electrons. The zero-order valence-corrected chi connectivity index (χ0v) is 20.7. The van der Waals surface area contributed by atoms with Gasteiger partial charge in [0.1, 0.15) is 0 Å². The Morgan fingerprint density at radius 2 is 1.59 bits per heavy atom. The molecule has 1 N–H and O–H groups in total. The van der Waals surface area contributed by atoms with Gasteiger partial charge in [0.05, 0.1) is 36.0 Å². The summed E-state index contributed by atoms with van der Waals surface area (Å²) in [6.07, 6.45) is 7.62. The maximum absolute atomic E-state index is 13.2. The average Bonchev–Trinajstić information content (AvgIpc) is 2.85. The predicted octanol–water partition coefficient (Wildman–Crippen LogP) is 2.43. The Morgan fingerprint density at radius 3 is 2.35 bits per heavy atom. The normalized spacial score (nSPS) is 21.1. The van der Waals surface area contributed by atoms with E-state index < -0.39 is 10.0 Å². The molecule has 3 aliphatic heterocycles. The number of anilines is 2. The molecule has 3 fully saturated rings. The minimum atomic E-state index is -3.69. The molecule has 0 atom stereocenters. The Hall–Kier alpha value is -2.17. The maximum atomic E-state index is 13.2. The van der Waals surface area contributed by atoms with Gasteiger partial charge in [0, 0.05) is 39.1 Å². The minimum absolute atomic E-state index is 0.00903. The molecule has 0 aromatic heterocycles. The number of sulfonamides is 1. The highest BCUT2D eigenvalue weighted by Gasteiger charge is 2.28. The van der Waals surface area contributed by atoms with Crippen LogP contribution in [0.4, 0.5) is 11.4 Å². The summed E-state index contributed by atoms with van der Waals surface area (Å²) < 4.78 is 33.2.